The van der Waals surface area contributed by atoms with Gasteiger partial charge in [-0.25, -0.2) is 12.8 Å². The fraction of sp³-hybridized carbons (Fsp3) is 0.292. The summed E-state index contributed by atoms with van der Waals surface area (Å²) in [5.74, 6) is -0.217. The molecule has 176 valence electrons. The van der Waals surface area contributed by atoms with Gasteiger partial charge in [-0.3, -0.25) is 4.79 Å². The Labute approximate surface area is 198 Å². The van der Waals surface area contributed by atoms with Gasteiger partial charge in [0.05, 0.1) is 24.2 Å². The molecule has 0 radical (unpaired) electrons. The van der Waals surface area contributed by atoms with Crippen LogP contribution in [0.3, 0.4) is 0 Å². The molecule has 2 aromatic carbocycles. The van der Waals surface area contributed by atoms with Crippen LogP contribution in [0, 0.1) is 11.7 Å². The Morgan fingerprint density at radius 2 is 1.70 bits per heavy atom. The summed E-state index contributed by atoms with van der Waals surface area (Å²) in [6.45, 7) is 3.92. The summed E-state index contributed by atoms with van der Waals surface area (Å²) in [7, 11) is -3.93. The van der Waals surface area contributed by atoms with Crippen LogP contribution in [0.1, 0.15) is 25.2 Å². The molecule has 0 bridgehead atoms. The van der Waals surface area contributed by atoms with E-state index in [1.165, 1.54) is 51.9 Å². The zero-order chi connectivity index (χ0) is 24.0. The second-order valence-corrected chi connectivity index (χ2v) is 10.5. The summed E-state index contributed by atoms with van der Waals surface area (Å²) in [6.07, 6.45) is 1.51. The first-order valence-corrected chi connectivity index (χ1v) is 12.3. The smallest absolute Gasteiger partial charge is 0.243 e. The molecule has 1 amide bonds. The van der Waals surface area contributed by atoms with E-state index in [4.69, 9.17) is 16.0 Å². The normalized spacial score (nSPS) is 11.8. The third-order valence-electron chi connectivity index (χ3n) is 4.90. The van der Waals surface area contributed by atoms with Crippen LogP contribution >= 0.6 is 11.6 Å². The molecule has 3 rings (SSSR count). The predicted octanol–water partition coefficient (Wildman–Crippen LogP) is 4.95. The van der Waals surface area contributed by atoms with Crippen molar-refractivity contribution in [3.05, 3.63) is 89.1 Å². The number of furan rings is 1. The molecular weight excluding hydrogens is 467 g/mol. The van der Waals surface area contributed by atoms with Crippen molar-refractivity contribution in [2.24, 2.45) is 5.92 Å². The number of carbonyl (C=O) groups excluding carboxylic acids is 1. The topological polar surface area (TPSA) is 70.8 Å². The first-order chi connectivity index (χ1) is 15.6. The fourth-order valence-corrected chi connectivity index (χ4v) is 4.97. The van der Waals surface area contributed by atoms with Crippen molar-refractivity contribution < 1.29 is 22.0 Å². The van der Waals surface area contributed by atoms with Crippen molar-refractivity contribution >= 4 is 27.5 Å². The van der Waals surface area contributed by atoms with Gasteiger partial charge >= 0.3 is 0 Å². The predicted molar refractivity (Wildman–Crippen MR) is 124 cm³/mol. The monoisotopic (exact) mass is 492 g/mol. The summed E-state index contributed by atoms with van der Waals surface area (Å²) in [6, 6.07) is 15.1. The van der Waals surface area contributed by atoms with Crippen molar-refractivity contribution in [3.8, 4) is 0 Å². The van der Waals surface area contributed by atoms with Crippen LogP contribution in [-0.2, 0) is 27.9 Å². The van der Waals surface area contributed by atoms with Crippen molar-refractivity contribution in [2.75, 3.05) is 13.1 Å². The van der Waals surface area contributed by atoms with Gasteiger partial charge in [-0.1, -0.05) is 37.6 Å². The van der Waals surface area contributed by atoms with Crippen LogP contribution in [0.4, 0.5) is 4.39 Å². The van der Waals surface area contributed by atoms with Gasteiger partial charge in [-0.05, 0) is 60.0 Å². The fourth-order valence-electron chi connectivity index (χ4n) is 3.29. The molecule has 0 aliphatic rings. The first kappa shape index (κ1) is 25.0. The minimum atomic E-state index is -3.93. The average molecular weight is 493 g/mol. The second kappa shape index (κ2) is 11.0. The molecule has 0 aliphatic heterocycles. The summed E-state index contributed by atoms with van der Waals surface area (Å²) in [5, 5.41) is 0.421. The number of nitrogens with zero attached hydrogens (tertiary/aromatic N) is 2. The van der Waals surface area contributed by atoms with E-state index < -0.39 is 15.9 Å². The maximum atomic E-state index is 13.3. The highest BCUT2D eigenvalue weighted by Gasteiger charge is 2.29. The molecule has 0 saturated heterocycles. The molecule has 0 saturated carbocycles. The molecule has 0 aliphatic carbocycles. The van der Waals surface area contributed by atoms with Crippen molar-refractivity contribution in [1.82, 2.24) is 9.21 Å². The van der Waals surface area contributed by atoms with Gasteiger partial charge < -0.3 is 9.32 Å². The summed E-state index contributed by atoms with van der Waals surface area (Å²) in [5.41, 5.74) is 0.715. The van der Waals surface area contributed by atoms with Gasteiger partial charge in [-0.2, -0.15) is 4.31 Å². The van der Waals surface area contributed by atoms with E-state index in [0.29, 0.717) is 16.3 Å². The van der Waals surface area contributed by atoms with Gasteiger partial charge in [0.25, 0.3) is 0 Å². The Kier molecular flexibility index (Phi) is 8.29. The molecule has 0 atom stereocenters. The number of rotatable bonds is 10. The number of carbonyl (C=O) groups is 1. The van der Waals surface area contributed by atoms with Gasteiger partial charge in [0, 0.05) is 18.1 Å². The van der Waals surface area contributed by atoms with Crippen LogP contribution in [0.25, 0.3) is 0 Å². The van der Waals surface area contributed by atoms with Gasteiger partial charge in [-0.15, -0.1) is 0 Å². The van der Waals surface area contributed by atoms with E-state index in [0.717, 1.165) is 0 Å². The number of hydrogen-bond donors (Lipinski definition) is 0. The average Bonchev–Trinajstić information content (AvgIpc) is 3.27. The Morgan fingerprint density at radius 3 is 2.27 bits per heavy atom. The molecule has 1 aromatic heterocycles. The van der Waals surface area contributed by atoms with Gasteiger partial charge in [0.15, 0.2) is 0 Å². The van der Waals surface area contributed by atoms with Crippen LogP contribution in [-0.4, -0.2) is 36.6 Å². The molecule has 0 spiro atoms. The van der Waals surface area contributed by atoms with E-state index in [-0.39, 0.29) is 42.8 Å². The lowest BCUT2D eigenvalue weighted by Gasteiger charge is -2.28. The summed E-state index contributed by atoms with van der Waals surface area (Å²) >= 11 is 5.90. The van der Waals surface area contributed by atoms with Crippen molar-refractivity contribution in [3.63, 3.8) is 0 Å². The van der Waals surface area contributed by atoms with Gasteiger partial charge in [0.2, 0.25) is 15.9 Å². The van der Waals surface area contributed by atoms with Crippen LogP contribution in [0.2, 0.25) is 5.02 Å². The molecule has 0 fully saturated rings. The molecular formula is C24H26ClFN2O4S. The highest BCUT2D eigenvalue weighted by Crippen LogP contribution is 2.21. The summed E-state index contributed by atoms with van der Waals surface area (Å²) < 4.78 is 46.5. The van der Waals surface area contributed by atoms with Gasteiger partial charge in [0.1, 0.15) is 11.6 Å². The molecule has 1 heterocycles. The minimum Gasteiger partial charge on any atom is -0.467 e. The molecule has 33 heavy (non-hydrogen) atoms. The Hall–Kier alpha value is -2.68. The standard InChI is InChI=1S/C24H26ClFN2O4S/c1-18(2)14-28(33(30,31)23-11-7-20(25)8-12-23)17-24(29)27(16-22-4-3-13-32-22)15-19-5-9-21(26)10-6-19/h3-13,18H,14-17H2,1-2H3. The number of halogens is 2. The van der Waals surface area contributed by atoms with Crippen molar-refractivity contribution in [2.45, 2.75) is 31.8 Å². The molecule has 0 unspecified atom stereocenters. The number of benzene rings is 2. The maximum Gasteiger partial charge on any atom is 0.243 e. The number of hydrogen-bond acceptors (Lipinski definition) is 4. The number of amides is 1. The maximum absolute atomic E-state index is 13.3. The third kappa shape index (κ3) is 6.90. The summed E-state index contributed by atoms with van der Waals surface area (Å²) in [4.78, 5) is 14.9. The Bertz CT molecular complexity index is 1150. The highest BCUT2D eigenvalue weighted by molar-refractivity contribution is 7.89. The van der Waals surface area contributed by atoms with E-state index in [2.05, 4.69) is 0 Å². The van der Waals surface area contributed by atoms with E-state index in [9.17, 15) is 17.6 Å². The van der Waals surface area contributed by atoms with E-state index in [1.807, 2.05) is 13.8 Å². The largest absolute Gasteiger partial charge is 0.467 e. The highest BCUT2D eigenvalue weighted by atomic mass is 35.5. The Balaban J connectivity index is 1.86. The molecule has 3 aromatic rings. The minimum absolute atomic E-state index is 0.00417. The lowest BCUT2D eigenvalue weighted by molar-refractivity contribution is -0.133. The first-order valence-electron chi connectivity index (χ1n) is 10.5. The SMILES string of the molecule is CC(C)CN(CC(=O)N(Cc1ccc(F)cc1)Cc1ccco1)S(=O)(=O)c1ccc(Cl)cc1. The third-order valence-corrected chi connectivity index (χ3v) is 6.98. The Morgan fingerprint density at radius 1 is 1.03 bits per heavy atom. The lowest BCUT2D eigenvalue weighted by Crippen LogP contribution is -2.43. The van der Waals surface area contributed by atoms with Crippen LogP contribution < -0.4 is 0 Å². The van der Waals surface area contributed by atoms with E-state index >= 15 is 0 Å². The van der Waals surface area contributed by atoms with E-state index in [1.54, 1.807) is 24.3 Å². The van der Waals surface area contributed by atoms with Crippen LogP contribution in [0.5, 0.6) is 0 Å². The molecule has 6 nitrogen and oxygen atoms in total. The molecule has 9 heteroatoms. The van der Waals surface area contributed by atoms with Crippen molar-refractivity contribution in [1.29, 1.82) is 0 Å². The number of sulfonamides is 1. The molecule has 0 N–H and O–H groups in total. The van der Waals surface area contributed by atoms with Crippen LogP contribution in [0.15, 0.2) is 76.2 Å². The zero-order valence-corrected chi connectivity index (χ0v) is 20.0. The second-order valence-electron chi connectivity index (χ2n) is 8.10. The zero-order valence-electron chi connectivity index (χ0n) is 18.4. The lowest BCUT2D eigenvalue weighted by atomic mass is 10.2. The quantitative estimate of drug-likeness (QED) is 0.401.